The minimum absolute atomic E-state index is 0.475. The molecule has 0 atom stereocenters. The first-order valence-electron chi connectivity index (χ1n) is 4.51. The number of rotatable bonds is 2. The highest BCUT2D eigenvalue weighted by molar-refractivity contribution is 6.42. The molecule has 77 valence electrons. The number of hydrogen-bond donors (Lipinski definition) is 0. The van der Waals surface area contributed by atoms with Crippen molar-refractivity contribution in [2.45, 2.75) is 6.92 Å². The van der Waals surface area contributed by atoms with Gasteiger partial charge in [0.1, 0.15) is 0 Å². The Balaban J connectivity index is 2.56. The summed E-state index contributed by atoms with van der Waals surface area (Å²) < 4.78 is 5.24. The fraction of sp³-hybridized carbons (Fsp3) is 0.182. The van der Waals surface area contributed by atoms with E-state index in [4.69, 9.17) is 27.9 Å². The van der Waals surface area contributed by atoms with Gasteiger partial charge in [0.2, 0.25) is 5.88 Å². The minimum atomic E-state index is 0.475. The Hall–Kier alpha value is -0.990. The van der Waals surface area contributed by atoms with Crippen molar-refractivity contribution >= 4 is 34.1 Å². The Kier molecular flexibility index (Phi) is 2.98. The molecule has 2 aromatic rings. The summed E-state index contributed by atoms with van der Waals surface area (Å²) in [7, 11) is 0. The number of pyridine rings is 1. The van der Waals surface area contributed by atoms with Crippen LogP contribution in [0, 0.1) is 6.07 Å². The molecule has 1 radical (unpaired) electrons. The van der Waals surface area contributed by atoms with Crippen molar-refractivity contribution in [2.75, 3.05) is 6.61 Å². The molecule has 1 aromatic heterocycles. The lowest BCUT2D eigenvalue weighted by atomic mass is 10.2. The van der Waals surface area contributed by atoms with Crippen molar-refractivity contribution in [3.05, 3.63) is 34.3 Å². The zero-order valence-electron chi connectivity index (χ0n) is 8.05. The third-order valence-electron chi connectivity index (χ3n) is 1.92. The fourth-order valence-corrected chi connectivity index (χ4v) is 1.59. The second-order valence-corrected chi connectivity index (χ2v) is 3.78. The fourth-order valence-electron chi connectivity index (χ4n) is 1.26. The van der Waals surface area contributed by atoms with Crippen LogP contribution in [0.2, 0.25) is 10.0 Å². The monoisotopic (exact) mass is 240 g/mol. The average molecular weight is 241 g/mol. The molecule has 2 rings (SSSR count). The van der Waals surface area contributed by atoms with Crippen LogP contribution in [-0.4, -0.2) is 11.6 Å². The lowest BCUT2D eigenvalue weighted by Crippen LogP contribution is -1.94. The van der Waals surface area contributed by atoms with Gasteiger partial charge in [0.25, 0.3) is 0 Å². The zero-order chi connectivity index (χ0) is 10.8. The SMILES string of the molecule is CCOc1[c]cc2cc(Cl)c(Cl)cc2n1. The maximum Gasteiger partial charge on any atom is 0.222 e. The summed E-state index contributed by atoms with van der Waals surface area (Å²) in [5.41, 5.74) is 0.756. The van der Waals surface area contributed by atoms with Gasteiger partial charge in [-0.2, -0.15) is 0 Å². The standard InChI is InChI=1S/C11H8Cl2NO/c1-2-15-11-4-3-7-5-8(12)9(13)6-10(7)14-11/h3,5-6H,2H2,1H3. The lowest BCUT2D eigenvalue weighted by molar-refractivity contribution is 0.327. The highest BCUT2D eigenvalue weighted by Gasteiger charge is 2.03. The molecule has 0 saturated carbocycles. The molecule has 0 amide bonds. The van der Waals surface area contributed by atoms with Crippen molar-refractivity contribution in [3.8, 4) is 5.88 Å². The van der Waals surface area contributed by atoms with Crippen LogP contribution < -0.4 is 4.74 Å². The van der Waals surface area contributed by atoms with Crippen LogP contribution in [0.1, 0.15) is 6.92 Å². The Morgan fingerprint density at radius 1 is 1.33 bits per heavy atom. The van der Waals surface area contributed by atoms with E-state index >= 15 is 0 Å². The van der Waals surface area contributed by atoms with E-state index in [2.05, 4.69) is 11.1 Å². The zero-order valence-corrected chi connectivity index (χ0v) is 9.56. The first kappa shape index (κ1) is 10.5. The maximum absolute atomic E-state index is 5.89. The number of ether oxygens (including phenoxy) is 1. The molecule has 0 unspecified atom stereocenters. The predicted molar refractivity (Wildman–Crippen MR) is 61.8 cm³/mol. The Labute approximate surface area is 97.8 Å². The van der Waals surface area contributed by atoms with Gasteiger partial charge in [0.15, 0.2) is 0 Å². The Morgan fingerprint density at radius 2 is 2.07 bits per heavy atom. The number of aromatic nitrogens is 1. The summed E-state index contributed by atoms with van der Waals surface area (Å²) in [6.45, 7) is 2.46. The van der Waals surface area contributed by atoms with Crippen LogP contribution in [0.4, 0.5) is 0 Å². The van der Waals surface area contributed by atoms with E-state index < -0.39 is 0 Å². The lowest BCUT2D eigenvalue weighted by Gasteiger charge is -2.04. The number of fused-ring (bicyclic) bond motifs is 1. The van der Waals surface area contributed by atoms with Crippen molar-refractivity contribution in [3.63, 3.8) is 0 Å². The first-order chi connectivity index (χ1) is 7.20. The molecule has 0 aliphatic heterocycles. The highest BCUT2D eigenvalue weighted by Crippen LogP contribution is 2.27. The quantitative estimate of drug-likeness (QED) is 0.798. The summed E-state index contributed by atoms with van der Waals surface area (Å²) in [6.07, 6.45) is 0. The predicted octanol–water partition coefficient (Wildman–Crippen LogP) is 3.74. The number of nitrogens with zero attached hydrogens (tertiary/aromatic N) is 1. The van der Waals surface area contributed by atoms with E-state index in [-0.39, 0.29) is 0 Å². The molecule has 15 heavy (non-hydrogen) atoms. The van der Waals surface area contributed by atoms with Gasteiger partial charge in [0, 0.05) is 5.39 Å². The molecule has 1 heterocycles. The molecule has 0 aliphatic carbocycles. The Morgan fingerprint density at radius 3 is 2.80 bits per heavy atom. The number of hydrogen-bond acceptors (Lipinski definition) is 2. The second-order valence-electron chi connectivity index (χ2n) is 2.96. The molecule has 0 bridgehead atoms. The van der Waals surface area contributed by atoms with Crippen LogP contribution in [-0.2, 0) is 0 Å². The van der Waals surface area contributed by atoms with Crippen LogP contribution in [0.15, 0.2) is 18.2 Å². The average Bonchev–Trinajstić information content (AvgIpc) is 2.21. The van der Waals surface area contributed by atoms with Gasteiger partial charge < -0.3 is 4.74 Å². The van der Waals surface area contributed by atoms with Gasteiger partial charge in [0.05, 0.1) is 28.2 Å². The molecule has 4 heteroatoms. The van der Waals surface area contributed by atoms with Gasteiger partial charge >= 0.3 is 0 Å². The van der Waals surface area contributed by atoms with Crippen molar-refractivity contribution in [1.82, 2.24) is 4.98 Å². The van der Waals surface area contributed by atoms with Crippen molar-refractivity contribution < 1.29 is 4.74 Å². The van der Waals surface area contributed by atoms with Crippen LogP contribution >= 0.6 is 23.2 Å². The Bertz CT molecular complexity index is 499. The van der Waals surface area contributed by atoms with Crippen LogP contribution in [0.3, 0.4) is 0 Å². The first-order valence-corrected chi connectivity index (χ1v) is 5.26. The number of benzene rings is 1. The highest BCUT2D eigenvalue weighted by atomic mass is 35.5. The molecule has 2 nitrogen and oxygen atoms in total. The van der Waals surface area contributed by atoms with Crippen molar-refractivity contribution in [1.29, 1.82) is 0 Å². The van der Waals surface area contributed by atoms with E-state index in [1.54, 1.807) is 18.2 Å². The molecule has 0 fully saturated rings. The molecule has 0 saturated heterocycles. The molecule has 0 N–H and O–H groups in total. The summed E-state index contributed by atoms with van der Waals surface area (Å²) >= 11 is 11.8. The van der Waals surface area contributed by atoms with E-state index in [0.717, 1.165) is 10.9 Å². The molecule has 0 aliphatic rings. The summed E-state index contributed by atoms with van der Waals surface area (Å²) in [5.74, 6) is 0.475. The van der Waals surface area contributed by atoms with Crippen LogP contribution in [0.5, 0.6) is 5.88 Å². The second kappa shape index (κ2) is 4.25. The van der Waals surface area contributed by atoms with E-state index in [1.807, 2.05) is 6.92 Å². The molecular weight excluding hydrogens is 233 g/mol. The summed E-state index contributed by atoms with van der Waals surface area (Å²) in [4.78, 5) is 4.25. The van der Waals surface area contributed by atoms with E-state index in [1.165, 1.54) is 0 Å². The topological polar surface area (TPSA) is 22.1 Å². The van der Waals surface area contributed by atoms with Crippen LogP contribution in [0.25, 0.3) is 10.9 Å². The number of halogens is 2. The van der Waals surface area contributed by atoms with Crippen molar-refractivity contribution in [2.24, 2.45) is 0 Å². The minimum Gasteiger partial charge on any atom is -0.478 e. The normalized spacial score (nSPS) is 10.6. The molecule has 0 spiro atoms. The van der Waals surface area contributed by atoms with Gasteiger partial charge in [-0.3, -0.25) is 0 Å². The van der Waals surface area contributed by atoms with Gasteiger partial charge in [-0.15, -0.1) is 0 Å². The van der Waals surface area contributed by atoms with E-state index in [0.29, 0.717) is 22.5 Å². The van der Waals surface area contributed by atoms with Gasteiger partial charge in [-0.1, -0.05) is 23.2 Å². The summed E-state index contributed by atoms with van der Waals surface area (Å²) in [6, 6.07) is 8.19. The summed E-state index contributed by atoms with van der Waals surface area (Å²) in [5, 5.41) is 1.90. The van der Waals surface area contributed by atoms with Gasteiger partial charge in [-0.05, 0) is 25.1 Å². The maximum atomic E-state index is 5.89. The van der Waals surface area contributed by atoms with E-state index in [9.17, 15) is 0 Å². The smallest absolute Gasteiger partial charge is 0.222 e. The molecule has 1 aromatic carbocycles. The van der Waals surface area contributed by atoms with Gasteiger partial charge in [-0.25, -0.2) is 4.98 Å². The largest absolute Gasteiger partial charge is 0.478 e. The third kappa shape index (κ3) is 2.16. The molecular formula is C11H8Cl2NO. The third-order valence-corrected chi connectivity index (χ3v) is 2.65.